The summed E-state index contributed by atoms with van der Waals surface area (Å²) in [5.74, 6) is 0.527. The number of anilines is 1. The molecule has 8 nitrogen and oxygen atoms in total. The minimum atomic E-state index is -0.438. The average Bonchev–Trinajstić information content (AvgIpc) is 3.26. The number of rotatable bonds is 8. The van der Waals surface area contributed by atoms with Crippen LogP contribution < -0.4 is 5.32 Å². The van der Waals surface area contributed by atoms with E-state index in [1.165, 1.54) is 42.1 Å². The zero-order valence-corrected chi connectivity index (χ0v) is 19.0. The lowest BCUT2D eigenvalue weighted by Crippen LogP contribution is -2.11. The molecule has 1 N–H and O–H groups in total. The van der Waals surface area contributed by atoms with Crippen LogP contribution in [-0.2, 0) is 12.3 Å². The number of thioether (sulfide) groups is 1. The van der Waals surface area contributed by atoms with Crippen LogP contribution in [0.15, 0.2) is 78.0 Å². The Bertz CT molecular complexity index is 1320. The molecule has 0 aliphatic carbocycles. The predicted molar refractivity (Wildman–Crippen MR) is 128 cm³/mol. The minimum absolute atomic E-state index is 0.0222. The molecule has 0 spiro atoms. The van der Waals surface area contributed by atoms with Crippen LogP contribution >= 0.6 is 11.8 Å². The second kappa shape index (κ2) is 10.3. The van der Waals surface area contributed by atoms with E-state index in [4.69, 9.17) is 0 Å². The molecule has 172 valence electrons. The fourth-order valence-electron chi connectivity index (χ4n) is 3.30. The average molecular weight is 478 g/mol. The van der Waals surface area contributed by atoms with Gasteiger partial charge in [0.05, 0.1) is 4.92 Å². The van der Waals surface area contributed by atoms with E-state index < -0.39 is 10.7 Å². The van der Waals surface area contributed by atoms with Gasteiger partial charge in [0, 0.05) is 41.2 Å². The van der Waals surface area contributed by atoms with Crippen LogP contribution in [0.1, 0.15) is 22.8 Å². The molecule has 0 bridgehead atoms. The van der Waals surface area contributed by atoms with Crippen LogP contribution in [0.3, 0.4) is 0 Å². The highest BCUT2D eigenvalue weighted by molar-refractivity contribution is 7.98. The molecular weight excluding hydrogens is 457 g/mol. The van der Waals surface area contributed by atoms with Crippen molar-refractivity contribution in [1.29, 1.82) is 0 Å². The third-order valence-corrected chi connectivity index (χ3v) is 6.07. The van der Waals surface area contributed by atoms with Gasteiger partial charge < -0.3 is 9.88 Å². The molecule has 0 aliphatic heterocycles. The third kappa shape index (κ3) is 5.29. The van der Waals surface area contributed by atoms with E-state index in [0.717, 1.165) is 16.3 Å². The summed E-state index contributed by atoms with van der Waals surface area (Å²) < 4.78 is 15.3. The number of halogens is 1. The molecule has 0 radical (unpaired) electrons. The summed E-state index contributed by atoms with van der Waals surface area (Å²) in [6.07, 6.45) is 0. The Hall–Kier alpha value is -4.05. The molecule has 10 heteroatoms. The van der Waals surface area contributed by atoms with Crippen molar-refractivity contribution in [2.24, 2.45) is 0 Å². The first-order valence-electron chi connectivity index (χ1n) is 10.4. The number of amides is 1. The number of nitrogens with zero attached hydrogens (tertiary/aromatic N) is 4. The molecule has 0 fully saturated rings. The van der Waals surface area contributed by atoms with Gasteiger partial charge in [0.15, 0.2) is 11.0 Å². The molecule has 0 atom stereocenters. The van der Waals surface area contributed by atoms with Crippen molar-refractivity contribution in [3.05, 3.63) is 99.9 Å². The number of carbonyl (C=O) groups excluding carboxylic acids is 1. The van der Waals surface area contributed by atoms with Crippen LogP contribution in [0.25, 0.3) is 11.4 Å². The number of nitro groups is 1. The molecule has 1 aromatic heterocycles. The fourth-order valence-corrected chi connectivity index (χ4v) is 4.25. The van der Waals surface area contributed by atoms with Crippen LogP contribution in [0, 0.1) is 15.9 Å². The van der Waals surface area contributed by atoms with Gasteiger partial charge in [-0.1, -0.05) is 30.0 Å². The molecule has 34 heavy (non-hydrogen) atoms. The molecule has 3 aromatic carbocycles. The van der Waals surface area contributed by atoms with E-state index in [9.17, 15) is 19.3 Å². The summed E-state index contributed by atoms with van der Waals surface area (Å²) in [6, 6.07) is 19.1. The SMILES string of the molecule is CCn1c(SCc2ccc(C(=O)Nc3cccc(F)c3)cc2)nnc1-c1ccc([N+](=O)[O-])cc1. The molecule has 1 heterocycles. The topological polar surface area (TPSA) is 103 Å². The lowest BCUT2D eigenvalue weighted by molar-refractivity contribution is -0.384. The van der Waals surface area contributed by atoms with Crippen molar-refractivity contribution in [1.82, 2.24) is 14.8 Å². The normalized spacial score (nSPS) is 10.8. The number of hydrogen-bond donors (Lipinski definition) is 1. The summed E-state index contributed by atoms with van der Waals surface area (Å²) in [7, 11) is 0. The summed E-state index contributed by atoms with van der Waals surface area (Å²) in [4.78, 5) is 22.8. The van der Waals surface area contributed by atoms with E-state index >= 15 is 0 Å². The van der Waals surface area contributed by atoms with Gasteiger partial charge in [-0.25, -0.2) is 4.39 Å². The minimum Gasteiger partial charge on any atom is -0.322 e. The standard InChI is InChI=1S/C24H20FN5O3S/c1-2-29-22(17-10-12-21(13-11-17)30(32)33)27-28-24(29)34-15-16-6-8-18(9-7-16)23(31)26-20-5-3-4-19(25)14-20/h3-14H,2,15H2,1H3,(H,26,31). The fraction of sp³-hybridized carbons (Fsp3) is 0.125. The van der Waals surface area contributed by atoms with Gasteiger partial charge >= 0.3 is 0 Å². The highest BCUT2D eigenvalue weighted by atomic mass is 32.2. The lowest BCUT2D eigenvalue weighted by atomic mass is 10.1. The first-order chi connectivity index (χ1) is 16.4. The molecule has 0 saturated carbocycles. The highest BCUT2D eigenvalue weighted by Gasteiger charge is 2.15. The Morgan fingerprint density at radius 2 is 1.82 bits per heavy atom. The highest BCUT2D eigenvalue weighted by Crippen LogP contribution is 2.27. The quantitative estimate of drug-likeness (QED) is 0.203. The first-order valence-corrected chi connectivity index (χ1v) is 11.4. The van der Waals surface area contributed by atoms with Crippen LogP contribution in [-0.4, -0.2) is 25.6 Å². The van der Waals surface area contributed by atoms with Crippen molar-refractivity contribution in [2.45, 2.75) is 24.4 Å². The zero-order valence-electron chi connectivity index (χ0n) is 18.1. The largest absolute Gasteiger partial charge is 0.322 e. The van der Waals surface area contributed by atoms with Crippen molar-refractivity contribution < 1.29 is 14.1 Å². The summed E-state index contributed by atoms with van der Waals surface area (Å²) in [5.41, 5.74) is 2.63. The van der Waals surface area contributed by atoms with Crippen LogP contribution in [0.5, 0.6) is 0 Å². The van der Waals surface area contributed by atoms with Gasteiger partial charge in [0.25, 0.3) is 11.6 Å². The Kier molecular flexibility index (Phi) is 6.98. The molecule has 4 rings (SSSR count). The second-order valence-corrected chi connectivity index (χ2v) is 8.25. The number of hydrogen-bond acceptors (Lipinski definition) is 6. The third-order valence-electron chi connectivity index (χ3n) is 5.04. The van der Waals surface area contributed by atoms with Gasteiger partial charge in [-0.3, -0.25) is 14.9 Å². The van der Waals surface area contributed by atoms with E-state index in [-0.39, 0.29) is 11.6 Å². The van der Waals surface area contributed by atoms with Crippen molar-refractivity contribution in [2.75, 3.05) is 5.32 Å². The summed E-state index contributed by atoms with van der Waals surface area (Å²) in [5, 5.41) is 22.8. The number of nitro benzene ring substituents is 1. The maximum absolute atomic E-state index is 13.3. The number of non-ortho nitro benzene ring substituents is 1. The van der Waals surface area contributed by atoms with Gasteiger partial charge in [-0.2, -0.15) is 0 Å². The molecular formula is C24H20FN5O3S. The molecule has 0 aliphatic rings. The summed E-state index contributed by atoms with van der Waals surface area (Å²) >= 11 is 1.51. The Morgan fingerprint density at radius 1 is 1.09 bits per heavy atom. The Balaban J connectivity index is 1.41. The summed E-state index contributed by atoms with van der Waals surface area (Å²) in [6.45, 7) is 2.62. The van der Waals surface area contributed by atoms with Crippen LogP contribution in [0.2, 0.25) is 0 Å². The van der Waals surface area contributed by atoms with Gasteiger partial charge in [0.1, 0.15) is 5.82 Å². The van der Waals surface area contributed by atoms with E-state index in [0.29, 0.717) is 29.4 Å². The monoisotopic (exact) mass is 477 g/mol. The predicted octanol–water partition coefficient (Wildman–Crippen LogP) is 5.56. The number of aromatic nitrogens is 3. The molecule has 0 unspecified atom stereocenters. The van der Waals surface area contributed by atoms with Crippen molar-refractivity contribution in [3.8, 4) is 11.4 Å². The van der Waals surface area contributed by atoms with E-state index in [2.05, 4.69) is 15.5 Å². The maximum Gasteiger partial charge on any atom is 0.269 e. The zero-order chi connectivity index (χ0) is 24.1. The van der Waals surface area contributed by atoms with Gasteiger partial charge in [-0.15, -0.1) is 10.2 Å². The molecule has 4 aromatic rings. The van der Waals surface area contributed by atoms with Crippen LogP contribution in [0.4, 0.5) is 15.8 Å². The van der Waals surface area contributed by atoms with Gasteiger partial charge in [-0.05, 0) is 55.0 Å². The Morgan fingerprint density at radius 3 is 2.47 bits per heavy atom. The maximum atomic E-state index is 13.3. The lowest BCUT2D eigenvalue weighted by Gasteiger charge is -2.08. The van der Waals surface area contributed by atoms with Crippen molar-refractivity contribution in [3.63, 3.8) is 0 Å². The van der Waals surface area contributed by atoms with Gasteiger partial charge in [0.2, 0.25) is 0 Å². The second-order valence-electron chi connectivity index (χ2n) is 7.30. The van der Waals surface area contributed by atoms with Crippen molar-refractivity contribution >= 4 is 29.0 Å². The van der Waals surface area contributed by atoms with E-state index in [1.54, 1.807) is 30.3 Å². The smallest absolute Gasteiger partial charge is 0.269 e. The number of nitrogens with one attached hydrogen (secondary N) is 1. The first kappa shape index (κ1) is 23.1. The number of benzene rings is 3. The molecule has 0 saturated heterocycles. The Labute approximate surface area is 199 Å². The van der Waals surface area contributed by atoms with E-state index in [1.807, 2.05) is 23.6 Å². The molecule has 1 amide bonds. The number of carbonyl (C=O) groups is 1.